The monoisotopic (exact) mass is 700 g/mol. The first-order valence-corrected chi connectivity index (χ1v) is 23.8. The minimum atomic E-state index is -3.69. The van der Waals surface area contributed by atoms with Gasteiger partial charge in [0.05, 0.1) is 6.61 Å². The molecule has 0 aromatic carbocycles. The van der Waals surface area contributed by atoms with Gasteiger partial charge < -0.3 is 4.89 Å². The maximum atomic E-state index is 13.1. The van der Waals surface area contributed by atoms with E-state index in [9.17, 15) is 9.46 Å². The van der Waals surface area contributed by atoms with Crippen molar-refractivity contribution < 1.29 is 14.0 Å². The fraction of sp³-hybridized carbons (Fsp3) is 1.00. The van der Waals surface area contributed by atoms with E-state index in [0.717, 1.165) is 44.9 Å². The quantitative estimate of drug-likeness (QED) is 0.0509. The minimum Gasteiger partial charge on any atom is -0.312 e. The van der Waals surface area contributed by atoms with Crippen molar-refractivity contribution in [2.24, 2.45) is 0 Å². The molecule has 0 fully saturated rings. The summed E-state index contributed by atoms with van der Waals surface area (Å²) < 4.78 is 20.5. The molecule has 1 N–H and O–H groups in total. The van der Waals surface area contributed by atoms with Crippen molar-refractivity contribution in [3.8, 4) is 0 Å². The summed E-state index contributed by atoms with van der Waals surface area (Å²) >= 11 is 0. The van der Waals surface area contributed by atoms with Crippen LogP contribution >= 0.6 is 7.75 Å². The van der Waals surface area contributed by atoms with Crippen LogP contribution in [-0.4, -0.2) is 29.3 Å². The van der Waals surface area contributed by atoms with E-state index in [1.165, 1.54) is 193 Å². The van der Waals surface area contributed by atoms with E-state index in [-0.39, 0.29) is 0 Å². The number of hydrogen-bond acceptors (Lipinski definition) is 2. The fourth-order valence-corrected chi connectivity index (χ4v) is 8.34. The third-order valence-electron chi connectivity index (χ3n) is 10.4. The van der Waals surface area contributed by atoms with Crippen molar-refractivity contribution in [1.82, 2.24) is 4.67 Å². The molecular formula is C43H90NO3P. The normalized spacial score (nSPS) is 13.1. The maximum absolute atomic E-state index is 13.1. The Morgan fingerprint density at radius 1 is 0.354 bits per heavy atom. The second-order valence-corrected chi connectivity index (χ2v) is 17.1. The van der Waals surface area contributed by atoms with Gasteiger partial charge in [-0.25, -0.2) is 9.24 Å². The van der Waals surface area contributed by atoms with Gasteiger partial charge in [-0.2, -0.15) is 0 Å². The summed E-state index contributed by atoms with van der Waals surface area (Å²) in [5.74, 6) is 0. The van der Waals surface area contributed by atoms with Gasteiger partial charge in [0, 0.05) is 13.1 Å². The summed E-state index contributed by atoms with van der Waals surface area (Å²) in [6.45, 7) is 8.52. The van der Waals surface area contributed by atoms with E-state index in [2.05, 4.69) is 20.8 Å². The zero-order chi connectivity index (χ0) is 35.1. The molecule has 0 spiro atoms. The van der Waals surface area contributed by atoms with E-state index in [4.69, 9.17) is 4.52 Å². The molecule has 0 rings (SSSR count). The van der Waals surface area contributed by atoms with Gasteiger partial charge in [-0.05, 0) is 19.3 Å². The molecule has 0 aliphatic rings. The van der Waals surface area contributed by atoms with E-state index >= 15 is 0 Å². The highest BCUT2D eigenvalue weighted by molar-refractivity contribution is 7.50. The van der Waals surface area contributed by atoms with Gasteiger partial charge in [0.1, 0.15) is 0 Å². The topological polar surface area (TPSA) is 49.8 Å². The molecule has 0 heterocycles. The smallest absolute Gasteiger partial charge is 0.312 e. The lowest BCUT2D eigenvalue weighted by molar-refractivity contribution is 0.194. The van der Waals surface area contributed by atoms with Crippen LogP contribution < -0.4 is 0 Å². The molecule has 0 saturated heterocycles. The van der Waals surface area contributed by atoms with Crippen molar-refractivity contribution in [3.63, 3.8) is 0 Å². The van der Waals surface area contributed by atoms with Crippen molar-refractivity contribution in [2.75, 3.05) is 19.7 Å². The van der Waals surface area contributed by atoms with E-state index in [0.29, 0.717) is 19.7 Å². The molecular weight excluding hydrogens is 609 g/mol. The Labute approximate surface area is 303 Å². The molecule has 1 unspecified atom stereocenters. The van der Waals surface area contributed by atoms with Crippen LogP contribution in [0.1, 0.15) is 258 Å². The fourth-order valence-electron chi connectivity index (χ4n) is 7.02. The van der Waals surface area contributed by atoms with Crippen LogP contribution in [0.5, 0.6) is 0 Å². The van der Waals surface area contributed by atoms with Gasteiger partial charge in [0.15, 0.2) is 0 Å². The first-order valence-electron chi connectivity index (χ1n) is 22.3. The van der Waals surface area contributed by atoms with Crippen LogP contribution in [0.15, 0.2) is 0 Å². The molecule has 0 amide bonds. The second kappa shape index (κ2) is 39.9. The summed E-state index contributed by atoms with van der Waals surface area (Å²) in [6.07, 6.45) is 49.1. The number of nitrogens with zero attached hydrogens (tertiary/aromatic N) is 1. The van der Waals surface area contributed by atoms with Gasteiger partial charge in [0.25, 0.3) is 0 Å². The van der Waals surface area contributed by atoms with Crippen LogP contribution in [0.3, 0.4) is 0 Å². The summed E-state index contributed by atoms with van der Waals surface area (Å²) in [4.78, 5) is 10.8. The van der Waals surface area contributed by atoms with E-state index < -0.39 is 7.75 Å². The van der Waals surface area contributed by atoms with Crippen molar-refractivity contribution >= 4 is 7.75 Å². The van der Waals surface area contributed by atoms with Gasteiger partial charge in [-0.15, -0.1) is 0 Å². The van der Waals surface area contributed by atoms with Gasteiger partial charge in [0.2, 0.25) is 0 Å². The molecule has 0 saturated carbocycles. The standard InChI is InChI=1S/C43H90NO3P/c1-4-7-10-12-14-16-18-20-22-24-26-28-30-32-34-36-38-41-44(48(45,46)47-43-40-9-6-3)42-39-37-35-33-31-29-27-25-23-21-19-17-15-13-11-8-5-2/h4-43H2,1-3H3,(H,45,46). The Kier molecular flexibility index (Phi) is 40.0. The van der Waals surface area contributed by atoms with Gasteiger partial charge in [-0.3, -0.25) is 4.52 Å². The third-order valence-corrected chi connectivity index (χ3v) is 12.0. The van der Waals surface area contributed by atoms with Crippen LogP contribution in [0.4, 0.5) is 0 Å². The summed E-state index contributed by atoms with van der Waals surface area (Å²) in [6, 6.07) is 0. The first-order chi connectivity index (χ1) is 23.6. The summed E-state index contributed by atoms with van der Waals surface area (Å²) in [7, 11) is -3.69. The number of rotatable bonds is 42. The Morgan fingerprint density at radius 3 is 0.812 bits per heavy atom. The van der Waals surface area contributed by atoms with Crippen molar-refractivity contribution in [2.45, 2.75) is 258 Å². The maximum Gasteiger partial charge on any atom is 0.405 e. The summed E-state index contributed by atoms with van der Waals surface area (Å²) in [5, 5.41) is 0. The first kappa shape index (κ1) is 48.1. The number of unbranched alkanes of at least 4 members (excludes halogenated alkanes) is 34. The zero-order valence-electron chi connectivity index (χ0n) is 33.4. The Hall–Kier alpha value is 0.110. The molecule has 0 bridgehead atoms. The molecule has 0 aliphatic heterocycles. The predicted octanol–water partition coefficient (Wildman–Crippen LogP) is 15.9. The molecule has 0 aliphatic carbocycles. The highest BCUT2D eigenvalue weighted by Crippen LogP contribution is 2.47. The van der Waals surface area contributed by atoms with Crippen LogP contribution in [-0.2, 0) is 9.09 Å². The lowest BCUT2D eigenvalue weighted by atomic mass is 10.0. The molecule has 0 aromatic rings. The number of hydrogen-bond donors (Lipinski definition) is 1. The minimum absolute atomic E-state index is 0.399. The summed E-state index contributed by atoms with van der Waals surface area (Å²) in [5.41, 5.74) is 0. The van der Waals surface area contributed by atoms with Gasteiger partial charge in [-0.1, -0.05) is 239 Å². The van der Waals surface area contributed by atoms with Gasteiger partial charge >= 0.3 is 7.75 Å². The Morgan fingerprint density at radius 2 is 0.562 bits per heavy atom. The van der Waals surface area contributed by atoms with E-state index in [1.807, 2.05) is 0 Å². The SMILES string of the molecule is CCCCCCCCCCCCCCCCCCCN(CCCCCCCCCCCCCCCCCCC)P(=O)(O)OCCCCC. The molecule has 4 nitrogen and oxygen atoms in total. The Bertz CT molecular complexity index is 608. The molecule has 5 heteroatoms. The predicted molar refractivity (Wildman–Crippen MR) is 215 cm³/mol. The highest BCUT2D eigenvalue weighted by atomic mass is 31.2. The molecule has 0 aromatic heterocycles. The largest absolute Gasteiger partial charge is 0.405 e. The van der Waals surface area contributed by atoms with Crippen LogP contribution in [0.2, 0.25) is 0 Å². The van der Waals surface area contributed by atoms with Crippen LogP contribution in [0.25, 0.3) is 0 Å². The second-order valence-electron chi connectivity index (χ2n) is 15.3. The average Bonchev–Trinajstić information content (AvgIpc) is 3.08. The lowest BCUT2D eigenvalue weighted by Crippen LogP contribution is -2.24. The molecule has 1 atom stereocenters. The average molecular weight is 700 g/mol. The Balaban J connectivity index is 3.90. The third kappa shape index (κ3) is 35.9. The van der Waals surface area contributed by atoms with E-state index in [1.54, 1.807) is 4.67 Å². The molecule has 290 valence electrons. The highest BCUT2D eigenvalue weighted by Gasteiger charge is 2.28. The van der Waals surface area contributed by atoms with Crippen molar-refractivity contribution in [3.05, 3.63) is 0 Å². The molecule has 0 radical (unpaired) electrons. The van der Waals surface area contributed by atoms with Crippen LogP contribution in [0, 0.1) is 0 Å². The lowest BCUT2D eigenvalue weighted by Gasteiger charge is -2.26. The zero-order valence-corrected chi connectivity index (χ0v) is 34.3. The van der Waals surface area contributed by atoms with Crippen molar-refractivity contribution in [1.29, 1.82) is 0 Å². The molecule has 48 heavy (non-hydrogen) atoms.